The van der Waals surface area contributed by atoms with Crippen molar-refractivity contribution in [1.82, 2.24) is 10.3 Å². The average Bonchev–Trinajstić information content (AvgIpc) is 3.36. The first-order chi connectivity index (χ1) is 19.2. The van der Waals surface area contributed by atoms with Gasteiger partial charge in [-0.05, 0) is 58.4 Å². The number of carboxylic acid groups (broad SMARTS) is 1. The van der Waals surface area contributed by atoms with E-state index in [1.807, 2.05) is 6.07 Å². The second kappa shape index (κ2) is 13.1. The summed E-state index contributed by atoms with van der Waals surface area (Å²) in [7, 11) is 1.56. The number of halogens is 7. The standard InChI is InChI=1S/C24H15BrCl2FN3O3.C2HF3O2/c1-33-20-5-4-18-16(21(20)25)9-19(31-18)24(32)30-11-13-2-3-17(27)23(22(13)28)34-15-7-12(10-29)6-14(26)8-15;3-2(4,5)1(6)7/h2-9,31H,11H2,1H3,(H,30,32);(H,6,7). The van der Waals surface area contributed by atoms with E-state index >= 15 is 4.39 Å². The summed E-state index contributed by atoms with van der Waals surface area (Å²) in [5, 5.41) is 20.0. The van der Waals surface area contributed by atoms with E-state index in [0.29, 0.717) is 15.9 Å². The lowest BCUT2D eigenvalue weighted by Gasteiger charge is -2.13. The molecule has 15 heteroatoms. The molecule has 1 aromatic heterocycles. The number of fused-ring (bicyclic) bond motifs is 1. The van der Waals surface area contributed by atoms with Crippen molar-refractivity contribution in [2.24, 2.45) is 0 Å². The van der Waals surface area contributed by atoms with Crippen LogP contribution in [0, 0.1) is 17.1 Å². The van der Waals surface area contributed by atoms with E-state index in [4.69, 9.17) is 47.8 Å². The lowest BCUT2D eigenvalue weighted by molar-refractivity contribution is -0.192. The normalized spacial score (nSPS) is 10.8. The number of H-pyrrole nitrogens is 1. The molecule has 0 fully saturated rings. The van der Waals surface area contributed by atoms with Crippen molar-refractivity contribution in [2.45, 2.75) is 12.7 Å². The summed E-state index contributed by atoms with van der Waals surface area (Å²) in [6, 6.07) is 14.4. The van der Waals surface area contributed by atoms with Gasteiger partial charge in [-0.25, -0.2) is 9.18 Å². The molecule has 1 heterocycles. The van der Waals surface area contributed by atoms with Crippen molar-refractivity contribution in [1.29, 1.82) is 5.26 Å². The zero-order chi connectivity index (χ0) is 30.5. The fourth-order valence-electron chi connectivity index (χ4n) is 3.31. The molecule has 4 rings (SSSR count). The molecule has 0 radical (unpaired) electrons. The van der Waals surface area contributed by atoms with Gasteiger partial charge in [0.1, 0.15) is 17.2 Å². The fourth-order valence-corrected chi connectivity index (χ4v) is 4.34. The first-order valence-electron chi connectivity index (χ1n) is 11.0. The van der Waals surface area contributed by atoms with Crippen LogP contribution in [0.25, 0.3) is 10.9 Å². The van der Waals surface area contributed by atoms with Crippen LogP contribution in [0.1, 0.15) is 21.6 Å². The lowest BCUT2D eigenvalue weighted by atomic mass is 10.2. The van der Waals surface area contributed by atoms with Crippen molar-refractivity contribution in [3.63, 3.8) is 0 Å². The Hall–Kier alpha value is -3.99. The molecule has 0 saturated carbocycles. The number of aliphatic carboxylic acids is 1. The molecule has 0 aliphatic carbocycles. The maximum atomic E-state index is 15.2. The van der Waals surface area contributed by atoms with E-state index in [1.165, 1.54) is 30.3 Å². The quantitative estimate of drug-likeness (QED) is 0.181. The summed E-state index contributed by atoms with van der Waals surface area (Å²) in [4.78, 5) is 24.6. The molecule has 3 N–H and O–H groups in total. The summed E-state index contributed by atoms with van der Waals surface area (Å²) in [6.07, 6.45) is -5.08. The molecular formula is C26H16BrCl2F4N3O5. The zero-order valence-corrected chi connectivity index (χ0v) is 23.6. The largest absolute Gasteiger partial charge is 0.496 e. The minimum atomic E-state index is -5.08. The van der Waals surface area contributed by atoms with Gasteiger partial charge in [0, 0.05) is 28.0 Å². The van der Waals surface area contributed by atoms with Gasteiger partial charge in [0.25, 0.3) is 5.91 Å². The Balaban J connectivity index is 0.000000587. The van der Waals surface area contributed by atoms with Crippen LogP contribution in [-0.2, 0) is 11.3 Å². The monoisotopic (exact) mass is 675 g/mol. The number of carbonyl (C=O) groups excluding carboxylic acids is 1. The molecule has 0 unspecified atom stereocenters. The van der Waals surface area contributed by atoms with Crippen molar-refractivity contribution < 1.29 is 41.7 Å². The van der Waals surface area contributed by atoms with Crippen molar-refractivity contribution in [3.8, 4) is 23.3 Å². The summed E-state index contributed by atoms with van der Waals surface area (Å²) in [6.45, 7) is -0.114. The SMILES string of the molecule is COc1ccc2[nH]c(C(=O)NCc3ccc(Cl)c(Oc4cc(Cl)cc(C#N)c4)c3F)cc2c1Br.O=C(O)C(F)(F)F. The van der Waals surface area contributed by atoms with E-state index in [2.05, 4.69) is 26.2 Å². The second-order valence-electron chi connectivity index (χ2n) is 7.95. The number of nitrogens with zero attached hydrogens (tertiary/aromatic N) is 1. The van der Waals surface area contributed by atoms with Crippen LogP contribution < -0.4 is 14.8 Å². The Morgan fingerprint density at radius 1 is 1.15 bits per heavy atom. The van der Waals surface area contributed by atoms with Gasteiger partial charge in [-0.3, -0.25) is 4.79 Å². The average molecular weight is 677 g/mol. The number of ether oxygens (including phenoxy) is 2. The van der Waals surface area contributed by atoms with Crippen LogP contribution in [0.15, 0.2) is 53.0 Å². The van der Waals surface area contributed by atoms with Gasteiger partial charge in [-0.1, -0.05) is 29.3 Å². The third-order valence-electron chi connectivity index (χ3n) is 5.20. The predicted molar refractivity (Wildman–Crippen MR) is 145 cm³/mol. The van der Waals surface area contributed by atoms with E-state index in [0.717, 1.165) is 10.9 Å². The molecule has 0 spiro atoms. The number of alkyl halides is 3. The first kappa shape index (κ1) is 31.5. The van der Waals surface area contributed by atoms with Gasteiger partial charge >= 0.3 is 12.1 Å². The highest BCUT2D eigenvalue weighted by molar-refractivity contribution is 9.10. The molecule has 214 valence electrons. The summed E-state index contributed by atoms with van der Waals surface area (Å²) >= 11 is 15.6. The minimum absolute atomic E-state index is 0.0282. The molecule has 0 bridgehead atoms. The number of nitrogens with one attached hydrogen (secondary N) is 2. The second-order valence-corrected chi connectivity index (χ2v) is 9.59. The maximum Gasteiger partial charge on any atom is 0.490 e. The Labute approximate surface area is 247 Å². The highest BCUT2D eigenvalue weighted by Gasteiger charge is 2.38. The van der Waals surface area contributed by atoms with Crippen molar-refractivity contribution >= 4 is 61.9 Å². The van der Waals surface area contributed by atoms with Crippen LogP contribution in [0.5, 0.6) is 17.2 Å². The molecule has 0 saturated heterocycles. The highest BCUT2D eigenvalue weighted by atomic mass is 79.9. The van der Waals surface area contributed by atoms with Crippen molar-refractivity contribution in [2.75, 3.05) is 7.11 Å². The third kappa shape index (κ3) is 7.81. The number of carboxylic acids is 1. The van der Waals surface area contributed by atoms with Crippen LogP contribution >= 0.6 is 39.1 Å². The minimum Gasteiger partial charge on any atom is -0.496 e. The van der Waals surface area contributed by atoms with E-state index in [9.17, 15) is 18.0 Å². The molecule has 8 nitrogen and oxygen atoms in total. The number of carbonyl (C=O) groups is 2. The summed E-state index contributed by atoms with van der Waals surface area (Å²) in [5.41, 5.74) is 1.46. The molecule has 0 aliphatic rings. The van der Waals surface area contributed by atoms with E-state index in [-0.39, 0.29) is 39.2 Å². The predicted octanol–water partition coefficient (Wildman–Crippen LogP) is 7.61. The van der Waals surface area contributed by atoms with Gasteiger partial charge in [0.2, 0.25) is 0 Å². The topological polar surface area (TPSA) is 124 Å². The number of aromatic amines is 1. The first-order valence-corrected chi connectivity index (χ1v) is 12.6. The van der Waals surface area contributed by atoms with Crippen LogP contribution in [0.3, 0.4) is 0 Å². The Morgan fingerprint density at radius 2 is 1.83 bits per heavy atom. The number of benzene rings is 3. The molecule has 3 aromatic carbocycles. The molecule has 0 aliphatic heterocycles. The number of methoxy groups -OCH3 is 1. The number of aromatic nitrogens is 1. The van der Waals surface area contributed by atoms with Gasteiger partial charge < -0.3 is 24.9 Å². The number of hydrogen-bond acceptors (Lipinski definition) is 5. The lowest BCUT2D eigenvalue weighted by Crippen LogP contribution is -2.23. The van der Waals surface area contributed by atoms with Crippen molar-refractivity contribution in [3.05, 3.63) is 85.7 Å². The molecule has 4 aromatic rings. The number of nitriles is 1. The highest BCUT2D eigenvalue weighted by Crippen LogP contribution is 2.36. The fraction of sp³-hybridized carbons (Fsp3) is 0.115. The Morgan fingerprint density at radius 3 is 2.44 bits per heavy atom. The number of rotatable bonds is 6. The Bertz CT molecular complexity index is 1670. The van der Waals surface area contributed by atoms with Crippen LogP contribution in [0.4, 0.5) is 17.6 Å². The summed E-state index contributed by atoms with van der Waals surface area (Å²) in [5.74, 6) is -3.36. The third-order valence-corrected chi connectivity index (χ3v) is 6.53. The van der Waals surface area contributed by atoms with Crippen LogP contribution in [-0.4, -0.2) is 35.3 Å². The van der Waals surface area contributed by atoms with Gasteiger partial charge in [0.05, 0.1) is 28.2 Å². The molecule has 1 amide bonds. The van der Waals surface area contributed by atoms with E-state index < -0.39 is 23.9 Å². The zero-order valence-electron chi connectivity index (χ0n) is 20.5. The smallest absolute Gasteiger partial charge is 0.490 e. The maximum absolute atomic E-state index is 15.2. The molecular weight excluding hydrogens is 661 g/mol. The van der Waals surface area contributed by atoms with Gasteiger partial charge in [-0.2, -0.15) is 18.4 Å². The number of hydrogen-bond donors (Lipinski definition) is 3. The Kier molecular flexibility index (Phi) is 10.1. The van der Waals surface area contributed by atoms with Gasteiger partial charge in [-0.15, -0.1) is 0 Å². The molecule has 41 heavy (non-hydrogen) atoms. The van der Waals surface area contributed by atoms with Crippen LogP contribution in [0.2, 0.25) is 10.0 Å². The molecule has 0 atom stereocenters. The summed E-state index contributed by atoms with van der Waals surface area (Å²) < 4.78 is 58.5. The van der Waals surface area contributed by atoms with E-state index in [1.54, 1.807) is 25.3 Å². The van der Waals surface area contributed by atoms with Gasteiger partial charge in [0.15, 0.2) is 11.6 Å². The number of amides is 1.